The standard InChI is InChI=1S/C75H138O17P2/c1-5-9-13-17-21-25-29-33-34-38-42-46-50-54-58-62-75(80)92-71(66-86-73(78)60-56-52-48-44-40-36-31-27-23-19-15-11-7-3)68-90-94(83,84)88-64-69(76)63-87-93(81,82)89-67-70(91-74(79)61-57-53-49-45-41-37-32-28-24-20-16-12-8-4)65-85-72(77)59-55-51-47-43-39-35-30-26-22-18-14-10-6-2/h21,25-27,30-31,33-34,69-71,76H,5-20,22-24,28-29,32,35-68H2,1-4H3,(H,81,82)(H,83,84)/b25-21-,30-26-,31-27-,34-33-/t69-,70+,71+/m0/s1. The maximum Gasteiger partial charge on any atom is 0.472 e. The average molecular weight is 1370 g/mol. The van der Waals surface area contributed by atoms with Gasteiger partial charge in [0.05, 0.1) is 26.4 Å². The second kappa shape index (κ2) is 68.5. The number of unbranched alkanes of at least 4 members (excludes halogenated alkanes) is 38. The van der Waals surface area contributed by atoms with E-state index in [4.69, 9.17) is 37.0 Å². The Labute approximate surface area is 572 Å². The summed E-state index contributed by atoms with van der Waals surface area (Å²) < 4.78 is 68.4. The van der Waals surface area contributed by atoms with Gasteiger partial charge < -0.3 is 33.8 Å². The Bertz CT molecular complexity index is 1980. The molecular formula is C75H138O17P2. The SMILES string of the molecule is CCCCC/C=C\C/C=C\CCCCCCCC(=O)O[C@H](COC(=O)CCCCCCC/C=C\CCCCCC)COP(=O)(O)OC[C@@H](O)COP(=O)(O)OC[C@@H](COC(=O)CCCCCCC/C=C\CCCCCC)OC(=O)CCCCCCCCCCCCCCC. The molecule has 0 aliphatic rings. The highest BCUT2D eigenvalue weighted by atomic mass is 31.2. The fourth-order valence-corrected chi connectivity index (χ4v) is 12.0. The Kier molecular flexibility index (Phi) is 66.4. The highest BCUT2D eigenvalue weighted by Crippen LogP contribution is 2.45. The number of carbonyl (C=O) groups is 4. The van der Waals surface area contributed by atoms with Crippen LogP contribution in [0.2, 0.25) is 0 Å². The van der Waals surface area contributed by atoms with Crippen LogP contribution in [0.15, 0.2) is 48.6 Å². The van der Waals surface area contributed by atoms with Gasteiger partial charge in [-0.05, 0) is 109 Å². The van der Waals surface area contributed by atoms with Crippen molar-refractivity contribution in [1.29, 1.82) is 0 Å². The molecule has 17 nitrogen and oxygen atoms in total. The lowest BCUT2D eigenvalue weighted by atomic mass is 10.0. The van der Waals surface area contributed by atoms with Crippen LogP contribution in [0.3, 0.4) is 0 Å². The zero-order valence-corrected chi connectivity index (χ0v) is 61.7. The van der Waals surface area contributed by atoms with Crippen LogP contribution in [0.1, 0.15) is 349 Å². The second-order valence-corrected chi connectivity index (χ2v) is 28.5. The van der Waals surface area contributed by atoms with Gasteiger partial charge in [-0.15, -0.1) is 0 Å². The molecule has 0 heterocycles. The fourth-order valence-electron chi connectivity index (χ4n) is 10.4. The van der Waals surface area contributed by atoms with Crippen molar-refractivity contribution in [3.8, 4) is 0 Å². The molecule has 0 aromatic rings. The van der Waals surface area contributed by atoms with Crippen molar-refractivity contribution in [2.45, 2.75) is 367 Å². The summed E-state index contributed by atoms with van der Waals surface area (Å²) >= 11 is 0. The molecule has 0 radical (unpaired) electrons. The minimum atomic E-state index is -4.97. The third kappa shape index (κ3) is 67.6. The van der Waals surface area contributed by atoms with Crippen molar-refractivity contribution in [3.63, 3.8) is 0 Å². The molecule has 19 heteroatoms. The fraction of sp³-hybridized carbons (Fsp3) is 0.840. The molecule has 0 saturated heterocycles. The number of allylic oxidation sites excluding steroid dienone is 8. The molecule has 0 fully saturated rings. The summed E-state index contributed by atoms with van der Waals surface area (Å²) in [6, 6.07) is 0. The number of aliphatic hydroxyl groups excluding tert-OH is 1. The van der Waals surface area contributed by atoms with Crippen LogP contribution in [-0.4, -0.2) is 96.7 Å². The highest BCUT2D eigenvalue weighted by Gasteiger charge is 2.30. The Morgan fingerprint density at radius 2 is 0.521 bits per heavy atom. The second-order valence-electron chi connectivity index (χ2n) is 25.6. The molecule has 0 bridgehead atoms. The van der Waals surface area contributed by atoms with Gasteiger partial charge in [-0.3, -0.25) is 37.3 Å². The van der Waals surface area contributed by atoms with Gasteiger partial charge in [-0.2, -0.15) is 0 Å². The van der Waals surface area contributed by atoms with E-state index in [1.807, 2.05) is 0 Å². The van der Waals surface area contributed by atoms with Gasteiger partial charge in [0.1, 0.15) is 19.3 Å². The Morgan fingerprint density at radius 1 is 0.298 bits per heavy atom. The van der Waals surface area contributed by atoms with Crippen molar-refractivity contribution in [1.82, 2.24) is 0 Å². The molecule has 3 N–H and O–H groups in total. The molecule has 550 valence electrons. The molecule has 0 aromatic heterocycles. The largest absolute Gasteiger partial charge is 0.472 e. The van der Waals surface area contributed by atoms with Gasteiger partial charge in [0.25, 0.3) is 0 Å². The molecule has 0 amide bonds. The minimum absolute atomic E-state index is 0.0820. The van der Waals surface area contributed by atoms with Crippen LogP contribution in [0.5, 0.6) is 0 Å². The number of ether oxygens (including phenoxy) is 4. The highest BCUT2D eigenvalue weighted by molar-refractivity contribution is 7.47. The van der Waals surface area contributed by atoms with E-state index in [-0.39, 0.29) is 25.7 Å². The molecule has 5 atom stereocenters. The van der Waals surface area contributed by atoms with E-state index < -0.39 is 97.5 Å². The molecule has 0 rings (SSSR count). The van der Waals surface area contributed by atoms with Crippen LogP contribution in [0.25, 0.3) is 0 Å². The predicted molar refractivity (Wildman–Crippen MR) is 381 cm³/mol. The van der Waals surface area contributed by atoms with E-state index in [2.05, 4.69) is 76.3 Å². The zero-order valence-electron chi connectivity index (χ0n) is 59.9. The molecular weight excluding hydrogens is 1230 g/mol. The van der Waals surface area contributed by atoms with Crippen LogP contribution < -0.4 is 0 Å². The molecule has 0 aliphatic heterocycles. The smallest absolute Gasteiger partial charge is 0.462 e. The molecule has 0 spiro atoms. The first-order chi connectivity index (χ1) is 45.7. The maximum atomic E-state index is 13.1. The Morgan fingerprint density at radius 3 is 0.830 bits per heavy atom. The summed E-state index contributed by atoms with van der Waals surface area (Å²) in [7, 11) is -9.93. The van der Waals surface area contributed by atoms with E-state index in [1.165, 1.54) is 122 Å². The van der Waals surface area contributed by atoms with Gasteiger partial charge in [-0.25, -0.2) is 9.13 Å². The maximum absolute atomic E-state index is 13.1. The van der Waals surface area contributed by atoms with E-state index in [9.17, 15) is 43.2 Å². The number of esters is 4. The van der Waals surface area contributed by atoms with Crippen molar-refractivity contribution >= 4 is 39.5 Å². The Hall–Kier alpha value is -2.98. The summed E-state index contributed by atoms with van der Waals surface area (Å²) in [4.78, 5) is 72.7. The predicted octanol–water partition coefficient (Wildman–Crippen LogP) is 21.3. The number of hydrogen-bond acceptors (Lipinski definition) is 15. The summed E-state index contributed by atoms with van der Waals surface area (Å²) in [5, 5.41) is 10.6. The van der Waals surface area contributed by atoms with E-state index in [1.54, 1.807) is 0 Å². The summed E-state index contributed by atoms with van der Waals surface area (Å²) in [6.07, 6.45) is 63.8. The van der Waals surface area contributed by atoms with Gasteiger partial charge in [0, 0.05) is 25.7 Å². The van der Waals surface area contributed by atoms with Crippen LogP contribution in [-0.2, 0) is 65.4 Å². The summed E-state index contributed by atoms with van der Waals surface area (Å²) in [6.45, 7) is 4.83. The van der Waals surface area contributed by atoms with Gasteiger partial charge >= 0.3 is 39.5 Å². The van der Waals surface area contributed by atoms with Gasteiger partial charge in [0.15, 0.2) is 12.2 Å². The lowest BCUT2D eigenvalue weighted by Gasteiger charge is -2.21. The monoisotopic (exact) mass is 1370 g/mol. The molecule has 0 aromatic carbocycles. The molecule has 2 unspecified atom stereocenters. The summed E-state index contributed by atoms with van der Waals surface area (Å²) in [5.41, 5.74) is 0. The van der Waals surface area contributed by atoms with Crippen LogP contribution in [0, 0.1) is 0 Å². The molecule has 94 heavy (non-hydrogen) atoms. The third-order valence-corrected chi connectivity index (χ3v) is 18.2. The third-order valence-electron chi connectivity index (χ3n) is 16.3. The van der Waals surface area contributed by atoms with Crippen LogP contribution in [0.4, 0.5) is 0 Å². The number of phosphoric ester groups is 2. The summed E-state index contributed by atoms with van der Waals surface area (Å²) in [5.74, 6) is -2.18. The molecule has 0 aliphatic carbocycles. The number of aliphatic hydroxyl groups is 1. The van der Waals surface area contributed by atoms with Crippen molar-refractivity contribution in [3.05, 3.63) is 48.6 Å². The first kappa shape index (κ1) is 91.0. The van der Waals surface area contributed by atoms with Gasteiger partial charge in [-0.1, -0.05) is 263 Å². The Balaban J connectivity index is 5.33. The minimum Gasteiger partial charge on any atom is -0.462 e. The zero-order chi connectivity index (χ0) is 69.0. The quantitative estimate of drug-likeness (QED) is 0.0169. The lowest BCUT2D eigenvalue weighted by molar-refractivity contribution is -0.161. The lowest BCUT2D eigenvalue weighted by Crippen LogP contribution is -2.30. The van der Waals surface area contributed by atoms with E-state index in [0.717, 1.165) is 148 Å². The first-order valence-electron chi connectivity index (χ1n) is 37.9. The average Bonchev–Trinajstić information content (AvgIpc) is 2.26. The normalized spacial score (nSPS) is 14.2. The van der Waals surface area contributed by atoms with Crippen molar-refractivity contribution in [2.24, 2.45) is 0 Å². The van der Waals surface area contributed by atoms with Gasteiger partial charge in [0.2, 0.25) is 0 Å². The van der Waals surface area contributed by atoms with Crippen molar-refractivity contribution in [2.75, 3.05) is 39.6 Å². The topological polar surface area (TPSA) is 237 Å². The molecule has 0 saturated carbocycles. The first-order valence-corrected chi connectivity index (χ1v) is 40.9. The number of rotatable bonds is 72. The van der Waals surface area contributed by atoms with E-state index >= 15 is 0 Å². The number of phosphoric acid groups is 2. The number of hydrogen-bond donors (Lipinski definition) is 3. The van der Waals surface area contributed by atoms with Crippen molar-refractivity contribution < 1.29 is 80.2 Å². The number of carbonyl (C=O) groups excluding carboxylic acids is 4. The van der Waals surface area contributed by atoms with Crippen LogP contribution >= 0.6 is 15.6 Å². The van der Waals surface area contributed by atoms with E-state index in [0.29, 0.717) is 25.7 Å².